The lowest BCUT2D eigenvalue weighted by molar-refractivity contribution is -0.144. The quantitative estimate of drug-likeness (QED) is 0.413. The van der Waals surface area contributed by atoms with Crippen LogP contribution in [-0.2, 0) is 4.79 Å². The number of hydrogen-bond donors (Lipinski definition) is 3. The molecular formula is C11H13N3O3S. The van der Waals surface area contributed by atoms with Crippen LogP contribution in [0.1, 0.15) is 12.5 Å². The molecule has 0 spiro atoms. The van der Waals surface area contributed by atoms with Gasteiger partial charge in [-0.05, 0) is 49.0 Å². The van der Waals surface area contributed by atoms with Gasteiger partial charge in [-0.25, -0.2) is 4.79 Å². The fourth-order valence-corrected chi connectivity index (χ4v) is 1.11. The SMILES string of the molecule is CC(Oc1ccc(C=NNC(N)=S)cc1)C(=O)O. The number of ether oxygens (including phenoxy) is 1. The minimum atomic E-state index is -1.01. The van der Waals surface area contributed by atoms with Crippen LogP contribution in [0, 0.1) is 0 Å². The van der Waals surface area contributed by atoms with E-state index in [2.05, 4.69) is 22.7 Å². The van der Waals surface area contributed by atoms with Gasteiger partial charge >= 0.3 is 5.97 Å². The summed E-state index contributed by atoms with van der Waals surface area (Å²) in [5.41, 5.74) is 8.42. The first-order valence-corrected chi connectivity index (χ1v) is 5.48. The maximum absolute atomic E-state index is 10.6. The molecule has 6 nitrogen and oxygen atoms in total. The predicted octanol–water partition coefficient (Wildman–Crippen LogP) is 0.706. The zero-order chi connectivity index (χ0) is 13.5. The molecule has 18 heavy (non-hydrogen) atoms. The van der Waals surface area contributed by atoms with Gasteiger partial charge in [-0.2, -0.15) is 5.10 Å². The highest BCUT2D eigenvalue weighted by Gasteiger charge is 2.11. The molecule has 0 heterocycles. The number of carbonyl (C=O) groups is 1. The molecule has 4 N–H and O–H groups in total. The Morgan fingerprint density at radius 1 is 1.56 bits per heavy atom. The molecule has 0 amide bonds. The van der Waals surface area contributed by atoms with Crippen LogP contribution < -0.4 is 15.9 Å². The smallest absolute Gasteiger partial charge is 0.344 e. The highest BCUT2D eigenvalue weighted by Crippen LogP contribution is 2.13. The minimum Gasteiger partial charge on any atom is -0.479 e. The Labute approximate surface area is 109 Å². The zero-order valence-electron chi connectivity index (χ0n) is 9.66. The third kappa shape index (κ3) is 4.79. The molecule has 0 saturated heterocycles. The van der Waals surface area contributed by atoms with Crippen molar-refractivity contribution in [3.63, 3.8) is 0 Å². The van der Waals surface area contributed by atoms with Crippen molar-refractivity contribution in [3.8, 4) is 5.75 Å². The second-order valence-electron chi connectivity index (χ2n) is 3.40. The van der Waals surface area contributed by atoms with Gasteiger partial charge in [0.1, 0.15) is 5.75 Å². The second-order valence-corrected chi connectivity index (χ2v) is 3.84. The number of thiocarbonyl (C=S) groups is 1. The summed E-state index contributed by atoms with van der Waals surface area (Å²) in [6, 6.07) is 6.77. The van der Waals surface area contributed by atoms with E-state index in [1.165, 1.54) is 13.1 Å². The molecule has 0 fully saturated rings. The number of benzene rings is 1. The number of carboxylic acids is 1. The number of nitrogens with one attached hydrogen (secondary N) is 1. The molecule has 1 aromatic rings. The van der Waals surface area contributed by atoms with Crippen molar-refractivity contribution in [2.24, 2.45) is 10.8 Å². The van der Waals surface area contributed by atoms with Gasteiger partial charge < -0.3 is 15.6 Å². The van der Waals surface area contributed by atoms with E-state index >= 15 is 0 Å². The molecule has 0 aliphatic heterocycles. The standard InChI is InChI=1S/C11H13N3O3S/c1-7(10(15)16)17-9-4-2-8(3-5-9)6-13-14-11(12)18/h2-7H,1H3,(H,15,16)(H3,12,14,18). The van der Waals surface area contributed by atoms with Crippen LogP contribution in [-0.4, -0.2) is 28.5 Å². The maximum Gasteiger partial charge on any atom is 0.344 e. The molecule has 1 rings (SSSR count). The van der Waals surface area contributed by atoms with Gasteiger partial charge in [0.05, 0.1) is 6.21 Å². The fraction of sp³-hybridized carbons (Fsp3) is 0.182. The Morgan fingerprint density at radius 3 is 2.67 bits per heavy atom. The molecule has 0 aromatic heterocycles. The van der Waals surface area contributed by atoms with E-state index in [4.69, 9.17) is 15.6 Å². The Bertz CT molecular complexity index is 459. The number of hydrazone groups is 1. The summed E-state index contributed by atoms with van der Waals surface area (Å²) >= 11 is 4.58. The molecule has 1 atom stereocenters. The van der Waals surface area contributed by atoms with Gasteiger partial charge in [0, 0.05) is 0 Å². The van der Waals surface area contributed by atoms with Crippen LogP contribution in [0.4, 0.5) is 0 Å². The largest absolute Gasteiger partial charge is 0.479 e. The number of aliphatic carboxylic acids is 1. The number of carboxylic acid groups (broad SMARTS) is 1. The molecule has 0 aliphatic rings. The van der Waals surface area contributed by atoms with E-state index in [0.29, 0.717) is 5.75 Å². The number of rotatable bonds is 5. The lowest BCUT2D eigenvalue weighted by atomic mass is 10.2. The van der Waals surface area contributed by atoms with Gasteiger partial charge in [0.25, 0.3) is 0 Å². The highest BCUT2D eigenvalue weighted by atomic mass is 32.1. The van der Waals surface area contributed by atoms with Gasteiger partial charge in [-0.1, -0.05) is 0 Å². The third-order valence-electron chi connectivity index (χ3n) is 1.93. The van der Waals surface area contributed by atoms with Crippen LogP contribution in [0.5, 0.6) is 5.75 Å². The Balaban J connectivity index is 2.60. The van der Waals surface area contributed by atoms with E-state index < -0.39 is 12.1 Å². The molecule has 0 aliphatic carbocycles. The number of hydrogen-bond acceptors (Lipinski definition) is 4. The summed E-state index contributed by atoms with van der Waals surface area (Å²) in [5.74, 6) is -0.536. The average molecular weight is 267 g/mol. The van der Waals surface area contributed by atoms with E-state index in [1.54, 1.807) is 24.3 Å². The van der Waals surface area contributed by atoms with Crippen molar-refractivity contribution in [1.82, 2.24) is 5.43 Å². The molecule has 0 saturated carbocycles. The van der Waals surface area contributed by atoms with E-state index in [1.807, 2.05) is 0 Å². The van der Waals surface area contributed by atoms with E-state index in [-0.39, 0.29) is 5.11 Å². The minimum absolute atomic E-state index is 0.0847. The first-order chi connectivity index (χ1) is 8.49. The zero-order valence-corrected chi connectivity index (χ0v) is 10.5. The highest BCUT2D eigenvalue weighted by molar-refractivity contribution is 7.80. The van der Waals surface area contributed by atoms with Crippen LogP contribution in [0.25, 0.3) is 0 Å². The molecule has 0 radical (unpaired) electrons. The van der Waals surface area contributed by atoms with Gasteiger partial charge in [-0.15, -0.1) is 0 Å². The van der Waals surface area contributed by atoms with Crippen molar-refractivity contribution >= 4 is 29.5 Å². The Kier molecular flexibility index (Phi) is 5.06. The molecule has 1 unspecified atom stereocenters. The summed E-state index contributed by atoms with van der Waals surface area (Å²) in [6.07, 6.45) is 0.643. The summed E-state index contributed by atoms with van der Waals surface area (Å²) in [5, 5.41) is 12.6. The number of nitrogens with two attached hydrogens (primary N) is 1. The van der Waals surface area contributed by atoms with Gasteiger partial charge in [0.15, 0.2) is 11.2 Å². The fourth-order valence-electron chi connectivity index (χ4n) is 1.06. The first-order valence-electron chi connectivity index (χ1n) is 5.07. The van der Waals surface area contributed by atoms with Crippen molar-refractivity contribution in [1.29, 1.82) is 0 Å². The predicted molar refractivity (Wildman–Crippen MR) is 71.7 cm³/mol. The molecule has 7 heteroatoms. The van der Waals surface area contributed by atoms with E-state index in [9.17, 15) is 4.79 Å². The van der Waals surface area contributed by atoms with Gasteiger partial charge in [0.2, 0.25) is 0 Å². The Morgan fingerprint density at radius 2 is 2.17 bits per heavy atom. The van der Waals surface area contributed by atoms with Crippen molar-refractivity contribution in [2.75, 3.05) is 0 Å². The maximum atomic E-state index is 10.6. The summed E-state index contributed by atoms with van der Waals surface area (Å²) in [4.78, 5) is 10.6. The van der Waals surface area contributed by atoms with Gasteiger partial charge in [-0.3, -0.25) is 5.43 Å². The summed E-state index contributed by atoms with van der Waals surface area (Å²) in [6.45, 7) is 1.46. The monoisotopic (exact) mass is 267 g/mol. The average Bonchev–Trinajstić information content (AvgIpc) is 2.30. The number of nitrogens with zero attached hydrogens (tertiary/aromatic N) is 1. The third-order valence-corrected chi connectivity index (χ3v) is 2.02. The van der Waals surface area contributed by atoms with Crippen LogP contribution in [0.15, 0.2) is 29.4 Å². The normalized spacial score (nSPS) is 12.1. The summed E-state index contributed by atoms with van der Waals surface area (Å²) in [7, 11) is 0. The van der Waals surface area contributed by atoms with Crippen LogP contribution in [0.3, 0.4) is 0 Å². The summed E-state index contributed by atoms with van der Waals surface area (Å²) < 4.78 is 5.17. The van der Waals surface area contributed by atoms with E-state index in [0.717, 1.165) is 5.56 Å². The molecular weight excluding hydrogens is 254 g/mol. The molecule has 1 aromatic carbocycles. The van der Waals surface area contributed by atoms with Crippen molar-refractivity contribution in [2.45, 2.75) is 13.0 Å². The van der Waals surface area contributed by atoms with Crippen molar-refractivity contribution in [3.05, 3.63) is 29.8 Å². The Hall–Kier alpha value is -2.15. The lowest BCUT2D eigenvalue weighted by Crippen LogP contribution is -2.24. The van der Waals surface area contributed by atoms with Crippen molar-refractivity contribution < 1.29 is 14.6 Å². The first kappa shape index (κ1) is 13.9. The second kappa shape index (κ2) is 6.55. The van der Waals surface area contributed by atoms with Crippen LogP contribution >= 0.6 is 12.2 Å². The van der Waals surface area contributed by atoms with Crippen LogP contribution in [0.2, 0.25) is 0 Å². The lowest BCUT2D eigenvalue weighted by Gasteiger charge is -2.09. The molecule has 96 valence electrons. The molecule has 0 bridgehead atoms. The topological polar surface area (TPSA) is 96.9 Å².